The van der Waals surface area contributed by atoms with Gasteiger partial charge >= 0.3 is 0 Å². The van der Waals surface area contributed by atoms with Crippen molar-refractivity contribution in [2.75, 3.05) is 39.0 Å². The maximum Gasteiger partial charge on any atom is 0.270 e. The van der Waals surface area contributed by atoms with E-state index in [2.05, 4.69) is 25.5 Å². The van der Waals surface area contributed by atoms with Crippen LogP contribution in [0.3, 0.4) is 0 Å². The number of halogens is 1. The molecule has 6 nitrogen and oxygen atoms in total. The molecule has 0 bridgehead atoms. The Hall–Kier alpha value is -2.18. The van der Waals surface area contributed by atoms with Gasteiger partial charge in [0.25, 0.3) is 5.91 Å². The number of aromatic nitrogens is 2. The molecular weight excluding hydrogens is 350 g/mol. The topological polar surface area (TPSA) is 70.2 Å². The first-order valence-corrected chi connectivity index (χ1v) is 9.09. The van der Waals surface area contributed by atoms with Crippen molar-refractivity contribution in [3.05, 3.63) is 52.3 Å². The van der Waals surface area contributed by atoms with Gasteiger partial charge in [0.15, 0.2) is 0 Å². The Kier molecular flexibility index (Phi) is 7.81. The van der Waals surface area contributed by atoms with Crippen molar-refractivity contribution < 1.29 is 4.79 Å². The summed E-state index contributed by atoms with van der Waals surface area (Å²) in [6.45, 7) is 4.14. The van der Waals surface area contributed by atoms with Crippen LogP contribution in [0.4, 0.5) is 5.95 Å². The first kappa shape index (κ1) is 20.1. The van der Waals surface area contributed by atoms with E-state index >= 15 is 0 Å². The summed E-state index contributed by atoms with van der Waals surface area (Å²) in [4.78, 5) is 23.1. The number of rotatable bonds is 9. The lowest BCUT2D eigenvalue weighted by Crippen LogP contribution is -2.27. The van der Waals surface area contributed by atoms with Crippen molar-refractivity contribution in [1.29, 1.82) is 0 Å². The number of nitrogens with one attached hydrogen (secondary N) is 2. The Morgan fingerprint density at radius 2 is 1.88 bits per heavy atom. The molecule has 7 heteroatoms. The van der Waals surface area contributed by atoms with E-state index in [0.29, 0.717) is 23.2 Å². The fourth-order valence-corrected chi connectivity index (χ4v) is 2.55. The fraction of sp³-hybridized carbons (Fsp3) is 0.421. The molecule has 2 rings (SSSR count). The van der Waals surface area contributed by atoms with Crippen LogP contribution in [0, 0.1) is 6.92 Å². The van der Waals surface area contributed by atoms with Gasteiger partial charge in [0.2, 0.25) is 5.95 Å². The van der Waals surface area contributed by atoms with E-state index in [1.165, 1.54) is 0 Å². The molecule has 1 amide bonds. The van der Waals surface area contributed by atoms with Crippen LogP contribution in [0.1, 0.15) is 28.2 Å². The Bertz CT molecular complexity index is 718. The zero-order chi connectivity index (χ0) is 18.9. The monoisotopic (exact) mass is 375 g/mol. The standard InChI is InChI=1S/C19H26ClN5O/c1-14-13-17(24-19(23-14)22-10-4-12-25(2)3)18(26)21-11-9-15-5-7-16(20)8-6-15/h5-8,13H,4,9-12H2,1-3H3,(H,21,26)(H,22,23,24). The number of amides is 1. The summed E-state index contributed by atoms with van der Waals surface area (Å²) in [7, 11) is 4.07. The minimum absolute atomic E-state index is 0.194. The van der Waals surface area contributed by atoms with Gasteiger partial charge in [-0.05, 0) is 64.2 Å². The van der Waals surface area contributed by atoms with Crippen LogP contribution in [0.25, 0.3) is 0 Å². The molecule has 140 valence electrons. The molecule has 0 aliphatic rings. The van der Waals surface area contributed by atoms with E-state index in [1.54, 1.807) is 6.07 Å². The highest BCUT2D eigenvalue weighted by molar-refractivity contribution is 6.30. The molecule has 0 atom stereocenters. The Labute approximate surface area is 160 Å². The highest BCUT2D eigenvalue weighted by Gasteiger charge is 2.10. The fourth-order valence-electron chi connectivity index (χ4n) is 2.42. The van der Waals surface area contributed by atoms with Gasteiger partial charge in [-0.1, -0.05) is 23.7 Å². The quantitative estimate of drug-likeness (QED) is 0.659. The van der Waals surface area contributed by atoms with Gasteiger partial charge in [-0.3, -0.25) is 4.79 Å². The Balaban J connectivity index is 1.86. The second kappa shape index (κ2) is 10.1. The largest absolute Gasteiger partial charge is 0.354 e. The van der Waals surface area contributed by atoms with Gasteiger partial charge in [0, 0.05) is 23.8 Å². The second-order valence-electron chi connectivity index (χ2n) is 6.43. The van der Waals surface area contributed by atoms with Crippen LogP contribution in [0.15, 0.2) is 30.3 Å². The normalized spacial score (nSPS) is 10.8. The van der Waals surface area contributed by atoms with E-state index < -0.39 is 0 Å². The number of hydrogen-bond acceptors (Lipinski definition) is 5. The molecule has 2 aromatic rings. The zero-order valence-electron chi connectivity index (χ0n) is 15.6. The molecule has 2 N–H and O–H groups in total. The first-order chi connectivity index (χ1) is 12.4. The summed E-state index contributed by atoms with van der Waals surface area (Å²) >= 11 is 5.87. The van der Waals surface area contributed by atoms with E-state index in [-0.39, 0.29) is 5.91 Å². The van der Waals surface area contributed by atoms with E-state index in [9.17, 15) is 4.79 Å². The smallest absolute Gasteiger partial charge is 0.270 e. The number of carbonyl (C=O) groups excluding carboxylic acids is 1. The second-order valence-corrected chi connectivity index (χ2v) is 6.87. The van der Waals surface area contributed by atoms with Crippen molar-refractivity contribution >= 4 is 23.5 Å². The van der Waals surface area contributed by atoms with Gasteiger partial charge in [-0.2, -0.15) is 0 Å². The van der Waals surface area contributed by atoms with Crippen LogP contribution in [-0.2, 0) is 6.42 Å². The van der Waals surface area contributed by atoms with Crippen molar-refractivity contribution in [2.24, 2.45) is 0 Å². The third kappa shape index (κ3) is 6.98. The number of aryl methyl sites for hydroxylation is 1. The number of anilines is 1. The summed E-state index contributed by atoms with van der Waals surface area (Å²) in [5, 5.41) is 6.79. The molecular formula is C19H26ClN5O. The average Bonchev–Trinajstić information content (AvgIpc) is 2.60. The number of benzene rings is 1. The molecule has 0 saturated carbocycles. The molecule has 1 aromatic carbocycles. The molecule has 26 heavy (non-hydrogen) atoms. The molecule has 1 aromatic heterocycles. The van der Waals surface area contributed by atoms with Crippen LogP contribution in [0.2, 0.25) is 5.02 Å². The van der Waals surface area contributed by atoms with Gasteiger partial charge in [-0.15, -0.1) is 0 Å². The highest BCUT2D eigenvalue weighted by atomic mass is 35.5. The van der Waals surface area contributed by atoms with Crippen LogP contribution in [-0.4, -0.2) is 54.5 Å². The summed E-state index contributed by atoms with van der Waals surface area (Å²) in [5.41, 5.74) is 2.26. The molecule has 0 spiro atoms. The Morgan fingerprint density at radius 3 is 2.58 bits per heavy atom. The van der Waals surface area contributed by atoms with E-state index in [1.807, 2.05) is 45.3 Å². The lowest BCUT2D eigenvalue weighted by molar-refractivity contribution is 0.0949. The van der Waals surface area contributed by atoms with Crippen molar-refractivity contribution in [3.63, 3.8) is 0 Å². The number of nitrogens with zero attached hydrogens (tertiary/aromatic N) is 3. The molecule has 0 unspecified atom stereocenters. The van der Waals surface area contributed by atoms with Gasteiger partial charge in [-0.25, -0.2) is 9.97 Å². The number of hydrogen-bond donors (Lipinski definition) is 2. The maximum absolute atomic E-state index is 12.4. The molecule has 0 aliphatic carbocycles. The first-order valence-electron chi connectivity index (χ1n) is 8.71. The van der Waals surface area contributed by atoms with Crippen LogP contribution < -0.4 is 10.6 Å². The Morgan fingerprint density at radius 1 is 1.15 bits per heavy atom. The maximum atomic E-state index is 12.4. The summed E-state index contributed by atoms with van der Waals surface area (Å²) < 4.78 is 0. The summed E-state index contributed by atoms with van der Waals surface area (Å²) in [5.74, 6) is 0.299. The third-order valence-electron chi connectivity index (χ3n) is 3.76. The van der Waals surface area contributed by atoms with Crippen LogP contribution >= 0.6 is 11.6 Å². The minimum atomic E-state index is -0.194. The lowest BCUT2D eigenvalue weighted by atomic mass is 10.1. The minimum Gasteiger partial charge on any atom is -0.354 e. The summed E-state index contributed by atoms with van der Waals surface area (Å²) in [6, 6.07) is 9.31. The van der Waals surface area contributed by atoms with Crippen molar-refractivity contribution in [3.8, 4) is 0 Å². The zero-order valence-corrected chi connectivity index (χ0v) is 16.3. The number of carbonyl (C=O) groups is 1. The predicted molar refractivity (Wildman–Crippen MR) is 106 cm³/mol. The molecule has 1 heterocycles. The molecule has 0 fully saturated rings. The van der Waals surface area contributed by atoms with Gasteiger partial charge in [0.05, 0.1) is 0 Å². The van der Waals surface area contributed by atoms with Crippen molar-refractivity contribution in [2.45, 2.75) is 19.8 Å². The lowest BCUT2D eigenvalue weighted by Gasteiger charge is -2.11. The van der Waals surface area contributed by atoms with E-state index in [4.69, 9.17) is 11.6 Å². The molecule has 0 saturated heterocycles. The van der Waals surface area contributed by atoms with Gasteiger partial charge < -0.3 is 15.5 Å². The average molecular weight is 376 g/mol. The SMILES string of the molecule is Cc1cc(C(=O)NCCc2ccc(Cl)cc2)nc(NCCCN(C)C)n1. The third-order valence-corrected chi connectivity index (χ3v) is 4.02. The predicted octanol–water partition coefficient (Wildman–Crippen LogP) is 2.77. The highest BCUT2D eigenvalue weighted by Crippen LogP contribution is 2.10. The molecule has 0 radical (unpaired) electrons. The molecule has 0 aliphatic heterocycles. The summed E-state index contributed by atoms with van der Waals surface area (Å²) in [6.07, 6.45) is 1.72. The van der Waals surface area contributed by atoms with E-state index in [0.717, 1.165) is 37.2 Å². The van der Waals surface area contributed by atoms with Crippen molar-refractivity contribution in [1.82, 2.24) is 20.2 Å². The van der Waals surface area contributed by atoms with Crippen LogP contribution in [0.5, 0.6) is 0 Å². The van der Waals surface area contributed by atoms with Gasteiger partial charge in [0.1, 0.15) is 5.69 Å².